The second kappa shape index (κ2) is 6.95. The number of nitrogens with zero attached hydrogens (tertiary/aromatic N) is 2. The maximum atomic E-state index is 6.16. The van der Waals surface area contributed by atoms with Crippen molar-refractivity contribution in [3.05, 3.63) is 44.6 Å². The van der Waals surface area contributed by atoms with E-state index in [-0.39, 0.29) is 0 Å². The number of aryl methyl sites for hydroxylation is 1. The van der Waals surface area contributed by atoms with Crippen LogP contribution in [-0.4, -0.2) is 16.3 Å². The minimum atomic E-state index is 0.621. The summed E-state index contributed by atoms with van der Waals surface area (Å²) in [7, 11) is 0. The molecule has 0 amide bonds. The SMILES string of the molecule is Cc1nn(-c2ccc(Cl)cc2CNCC(C)C)c(C)c1Br. The highest BCUT2D eigenvalue weighted by Crippen LogP contribution is 2.26. The minimum absolute atomic E-state index is 0.621. The molecule has 0 fully saturated rings. The number of hydrogen-bond acceptors (Lipinski definition) is 2. The first-order valence-corrected chi connectivity index (χ1v) is 8.28. The molecule has 114 valence electrons. The average molecular weight is 371 g/mol. The molecule has 0 aliphatic carbocycles. The van der Waals surface area contributed by atoms with Gasteiger partial charge in [-0.15, -0.1) is 0 Å². The Morgan fingerprint density at radius 3 is 2.62 bits per heavy atom. The summed E-state index contributed by atoms with van der Waals surface area (Å²) < 4.78 is 3.03. The lowest BCUT2D eigenvalue weighted by atomic mass is 10.1. The van der Waals surface area contributed by atoms with E-state index in [2.05, 4.69) is 47.1 Å². The Labute approximate surface area is 139 Å². The van der Waals surface area contributed by atoms with E-state index in [0.29, 0.717) is 5.92 Å². The molecule has 0 atom stereocenters. The standard InChI is InChI=1S/C16H21BrClN3/c1-10(2)8-19-9-13-7-14(18)5-6-15(13)21-12(4)16(17)11(3)20-21/h5-7,10,19H,8-9H2,1-4H3. The van der Waals surface area contributed by atoms with Crippen LogP contribution in [0, 0.1) is 19.8 Å². The molecule has 0 radical (unpaired) electrons. The molecule has 0 aliphatic rings. The summed E-state index contributed by atoms with van der Waals surface area (Å²) in [5.74, 6) is 0.621. The van der Waals surface area contributed by atoms with Crippen molar-refractivity contribution in [3.63, 3.8) is 0 Å². The summed E-state index contributed by atoms with van der Waals surface area (Å²) in [4.78, 5) is 0. The molecule has 1 N–H and O–H groups in total. The zero-order valence-electron chi connectivity index (χ0n) is 12.9. The zero-order valence-corrected chi connectivity index (χ0v) is 15.2. The lowest BCUT2D eigenvalue weighted by molar-refractivity contribution is 0.551. The van der Waals surface area contributed by atoms with Gasteiger partial charge in [0.15, 0.2) is 0 Å². The summed E-state index contributed by atoms with van der Waals surface area (Å²) in [6.45, 7) is 10.2. The molecule has 1 heterocycles. The van der Waals surface area contributed by atoms with Gasteiger partial charge in [-0.25, -0.2) is 4.68 Å². The Morgan fingerprint density at radius 1 is 1.33 bits per heavy atom. The number of aromatic nitrogens is 2. The van der Waals surface area contributed by atoms with Crippen LogP contribution >= 0.6 is 27.5 Å². The molecule has 2 rings (SSSR count). The summed E-state index contributed by atoms with van der Waals surface area (Å²) in [6.07, 6.45) is 0. The highest BCUT2D eigenvalue weighted by atomic mass is 79.9. The number of benzene rings is 1. The second-order valence-electron chi connectivity index (χ2n) is 5.69. The lowest BCUT2D eigenvalue weighted by Gasteiger charge is -2.14. The Kier molecular flexibility index (Phi) is 5.47. The van der Waals surface area contributed by atoms with E-state index in [1.165, 1.54) is 0 Å². The monoisotopic (exact) mass is 369 g/mol. The summed E-state index contributed by atoms with van der Waals surface area (Å²) in [6, 6.07) is 5.95. The molecular weight excluding hydrogens is 350 g/mol. The van der Waals surface area contributed by atoms with Crippen LogP contribution in [0.15, 0.2) is 22.7 Å². The molecule has 0 aliphatic heterocycles. The molecule has 2 aromatic rings. The third kappa shape index (κ3) is 3.87. The summed E-state index contributed by atoms with van der Waals surface area (Å²) in [5, 5.41) is 8.83. The molecule has 21 heavy (non-hydrogen) atoms. The van der Waals surface area contributed by atoms with Gasteiger partial charge in [0.1, 0.15) is 0 Å². The van der Waals surface area contributed by atoms with Gasteiger partial charge in [-0.3, -0.25) is 0 Å². The molecule has 5 heteroatoms. The van der Waals surface area contributed by atoms with Crippen LogP contribution < -0.4 is 5.32 Å². The topological polar surface area (TPSA) is 29.9 Å². The van der Waals surface area contributed by atoms with Gasteiger partial charge in [-0.1, -0.05) is 25.4 Å². The Morgan fingerprint density at radius 2 is 2.05 bits per heavy atom. The lowest BCUT2D eigenvalue weighted by Crippen LogP contribution is -2.20. The van der Waals surface area contributed by atoms with Gasteiger partial charge >= 0.3 is 0 Å². The van der Waals surface area contributed by atoms with Gasteiger partial charge in [0.2, 0.25) is 0 Å². The van der Waals surface area contributed by atoms with Crippen molar-refractivity contribution < 1.29 is 0 Å². The molecule has 3 nitrogen and oxygen atoms in total. The fourth-order valence-electron chi connectivity index (χ4n) is 2.26. The van der Waals surface area contributed by atoms with Crippen molar-refractivity contribution in [2.24, 2.45) is 5.92 Å². The molecule has 0 unspecified atom stereocenters. The van der Waals surface area contributed by atoms with E-state index in [0.717, 1.165) is 45.2 Å². The zero-order chi connectivity index (χ0) is 15.6. The van der Waals surface area contributed by atoms with E-state index >= 15 is 0 Å². The molecular formula is C16H21BrClN3. The third-order valence-electron chi connectivity index (χ3n) is 3.34. The Hall–Kier alpha value is -0.840. The average Bonchev–Trinajstić information content (AvgIpc) is 2.66. The molecule has 0 saturated carbocycles. The van der Waals surface area contributed by atoms with Crippen LogP contribution in [0.1, 0.15) is 30.8 Å². The van der Waals surface area contributed by atoms with Crippen LogP contribution in [0.4, 0.5) is 0 Å². The van der Waals surface area contributed by atoms with Crippen molar-refractivity contribution in [1.82, 2.24) is 15.1 Å². The Balaban J connectivity index is 2.36. The molecule has 0 spiro atoms. The van der Waals surface area contributed by atoms with Crippen LogP contribution in [0.5, 0.6) is 0 Å². The maximum Gasteiger partial charge on any atom is 0.0743 e. The van der Waals surface area contributed by atoms with Crippen LogP contribution in [0.2, 0.25) is 5.02 Å². The van der Waals surface area contributed by atoms with Gasteiger partial charge in [0.05, 0.1) is 21.5 Å². The number of halogens is 2. The van der Waals surface area contributed by atoms with Crippen LogP contribution in [0.25, 0.3) is 5.69 Å². The number of hydrogen-bond donors (Lipinski definition) is 1. The molecule has 1 aromatic heterocycles. The molecule has 0 saturated heterocycles. The van der Waals surface area contributed by atoms with E-state index < -0.39 is 0 Å². The Bertz CT molecular complexity index is 635. The van der Waals surface area contributed by atoms with E-state index in [1.54, 1.807) is 0 Å². The second-order valence-corrected chi connectivity index (χ2v) is 6.92. The summed E-state index contributed by atoms with van der Waals surface area (Å²) in [5.41, 5.74) is 4.31. The van der Waals surface area contributed by atoms with Gasteiger partial charge < -0.3 is 5.32 Å². The van der Waals surface area contributed by atoms with Gasteiger partial charge in [-0.05, 0) is 66.0 Å². The largest absolute Gasteiger partial charge is 0.312 e. The van der Waals surface area contributed by atoms with E-state index in [4.69, 9.17) is 11.6 Å². The van der Waals surface area contributed by atoms with Gasteiger partial charge in [0.25, 0.3) is 0 Å². The number of rotatable bonds is 5. The third-order valence-corrected chi connectivity index (χ3v) is 4.72. The van der Waals surface area contributed by atoms with Gasteiger partial charge in [0, 0.05) is 11.6 Å². The van der Waals surface area contributed by atoms with Gasteiger partial charge in [-0.2, -0.15) is 5.10 Å². The first kappa shape index (κ1) is 16.5. The van der Waals surface area contributed by atoms with Crippen molar-refractivity contribution in [2.75, 3.05) is 6.54 Å². The van der Waals surface area contributed by atoms with Crippen LogP contribution in [0.3, 0.4) is 0 Å². The maximum absolute atomic E-state index is 6.16. The van der Waals surface area contributed by atoms with Crippen molar-refractivity contribution >= 4 is 27.5 Å². The fourth-order valence-corrected chi connectivity index (χ4v) is 2.70. The predicted molar refractivity (Wildman–Crippen MR) is 92.3 cm³/mol. The van der Waals surface area contributed by atoms with E-state index in [1.807, 2.05) is 29.8 Å². The molecule has 0 bridgehead atoms. The van der Waals surface area contributed by atoms with Crippen molar-refractivity contribution in [3.8, 4) is 5.69 Å². The number of nitrogens with one attached hydrogen (secondary N) is 1. The van der Waals surface area contributed by atoms with E-state index in [9.17, 15) is 0 Å². The highest BCUT2D eigenvalue weighted by molar-refractivity contribution is 9.10. The smallest absolute Gasteiger partial charge is 0.0743 e. The first-order valence-electron chi connectivity index (χ1n) is 7.11. The minimum Gasteiger partial charge on any atom is -0.312 e. The van der Waals surface area contributed by atoms with Crippen molar-refractivity contribution in [1.29, 1.82) is 0 Å². The van der Waals surface area contributed by atoms with Crippen LogP contribution in [-0.2, 0) is 6.54 Å². The highest BCUT2D eigenvalue weighted by Gasteiger charge is 2.13. The summed E-state index contributed by atoms with van der Waals surface area (Å²) >= 11 is 9.74. The predicted octanol–water partition coefficient (Wildman–Crippen LogP) is 4.65. The van der Waals surface area contributed by atoms with Crippen molar-refractivity contribution in [2.45, 2.75) is 34.2 Å². The molecule has 1 aromatic carbocycles. The quantitative estimate of drug-likeness (QED) is 0.830. The first-order chi connectivity index (χ1) is 9.90. The fraction of sp³-hybridized carbons (Fsp3) is 0.438. The normalized spacial score (nSPS) is 11.4.